The molecule has 0 amide bonds. The van der Waals surface area contributed by atoms with E-state index in [1.807, 2.05) is 0 Å². The molecule has 2 N–H and O–H groups in total. The van der Waals surface area contributed by atoms with Crippen molar-refractivity contribution in [3.05, 3.63) is 0 Å². The molecule has 0 bridgehead atoms. The molecule has 122 valence electrons. The number of ether oxygens (including phenoxy) is 1. The van der Waals surface area contributed by atoms with E-state index in [0.29, 0.717) is 0 Å². The Hall–Kier alpha value is -0.650. The molecule has 2 aliphatic rings. The average molecular weight is 297 g/mol. The van der Waals surface area contributed by atoms with Crippen LogP contribution in [0.4, 0.5) is 0 Å². The van der Waals surface area contributed by atoms with Crippen LogP contribution < -0.4 is 5.73 Å². The minimum Gasteiger partial charge on any atom is -0.468 e. The van der Waals surface area contributed by atoms with E-state index in [1.54, 1.807) is 0 Å². The summed E-state index contributed by atoms with van der Waals surface area (Å²) in [5.74, 6) is 0.0314. The monoisotopic (exact) mass is 297 g/mol. The molecule has 0 aromatic rings. The smallest absolute Gasteiger partial charge is 0.326 e. The molecule has 0 aromatic heterocycles. The molecular formula is C16H31N3O2. The van der Waals surface area contributed by atoms with Crippen LogP contribution in [0.1, 0.15) is 38.5 Å². The van der Waals surface area contributed by atoms with Crippen LogP contribution in [0.25, 0.3) is 0 Å². The van der Waals surface area contributed by atoms with Crippen molar-refractivity contribution in [3.8, 4) is 0 Å². The molecule has 1 saturated carbocycles. The molecule has 0 aromatic carbocycles. The molecule has 0 radical (unpaired) electrons. The fraction of sp³-hybridized carbons (Fsp3) is 0.938. The average Bonchev–Trinajstić information content (AvgIpc) is 3.12. The second-order valence-electron chi connectivity index (χ2n) is 6.76. The lowest BCUT2D eigenvalue weighted by molar-refractivity contribution is -0.148. The Labute approximate surface area is 128 Å². The van der Waals surface area contributed by atoms with E-state index < -0.39 is 5.54 Å². The van der Waals surface area contributed by atoms with Crippen molar-refractivity contribution >= 4 is 5.97 Å². The Balaban J connectivity index is 1.72. The summed E-state index contributed by atoms with van der Waals surface area (Å²) in [4.78, 5) is 16.8. The number of rotatable bonds is 7. The number of nitrogens with zero attached hydrogens (tertiary/aromatic N) is 2. The molecule has 1 aliphatic heterocycles. The van der Waals surface area contributed by atoms with Gasteiger partial charge in [0, 0.05) is 13.1 Å². The lowest BCUT2D eigenvalue weighted by atomic mass is 9.85. The number of carbonyl (C=O) groups is 1. The third kappa shape index (κ3) is 4.18. The summed E-state index contributed by atoms with van der Waals surface area (Å²) >= 11 is 0. The minimum absolute atomic E-state index is 0.232. The normalized spacial score (nSPS) is 30.2. The third-order valence-electron chi connectivity index (χ3n) is 5.29. The predicted octanol–water partition coefficient (Wildman–Crippen LogP) is 1.07. The molecule has 21 heavy (non-hydrogen) atoms. The van der Waals surface area contributed by atoms with Gasteiger partial charge >= 0.3 is 5.97 Å². The molecule has 2 atom stereocenters. The van der Waals surface area contributed by atoms with Crippen LogP contribution >= 0.6 is 0 Å². The topological polar surface area (TPSA) is 58.8 Å². The van der Waals surface area contributed by atoms with Gasteiger partial charge in [-0.25, -0.2) is 0 Å². The zero-order valence-corrected chi connectivity index (χ0v) is 13.6. The fourth-order valence-corrected chi connectivity index (χ4v) is 3.77. The maximum absolute atomic E-state index is 11.9. The summed E-state index contributed by atoms with van der Waals surface area (Å²) in [6, 6.07) is 0. The predicted molar refractivity (Wildman–Crippen MR) is 84.1 cm³/mol. The summed E-state index contributed by atoms with van der Waals surface area (Å²) in [6.45, 7) is 5.78. The second-order valence-corrected chi connectivity index (χ2v) is 6.76. The van der Waals surface area contributed by atoms with Crippen LogP contribution in [-0.4, -0.2) is 68.2 Å². The number of likely N-dealkylation sites (tertiary alicyclic amines) is 1. The summed E-state index contributed by atoms with van der Waals surface area (Å²) in [6.07, 6.45) is 6.53. The molecule has 2 fully saturated rings. The minimum atomic E-state index is -0.745. The standard InChI is InChI=1S/C16H31N3O2/c1-18(12-13-19-9-3-4-10-19)11-7-14-6-5-8-16(14,17)15(20)21-2/h14H,3-13,17H2,1-2H3. The summed E-state index contributed by atoms with van der Waals surface area (Å²) in [5, 5.41) is 0. The van der Waals surface area contributed by atoms with E-state index in [2.05, 4.69) is 16.8 Å². The van der Waals surface area contributed by atoms with Gasteiger partial charge in [-0.2, -0.15) is 0 Å². The van der Waals surface area contributed by atoms with E-state index in [9.17, 15) is 4.79 Å². The van der Waals surface area contributed by atoms with Crippen LogP contribution in [0, 0.1) is 5.92 Å². The van der Waals surface area contributed by atoms with Crippen molar-refractivity contribution in [1.29, 1.82) is 0 Å². The molecule has 1 aliphatic carbocycles. The lowest BCUT2D eigenvalue weighted by Gasteiger charge is -2.30. The largest absolute Gasteiger partial charge is 0.468 e. The summed E-state index contributed by atoms with van der Waals surface area (Å²) in [7, 11) is 3.61. The SMILES string of the molecule is COC(=O)C1(N)CCCC1CCN(C)CCN1CCCC1. The first kappa shape index (κ1) is 16.7. The quantitative estimate of drug-likeness (QED) is 0.713. The molecule has 0 spiro atoms. The Morgan fingerprint density at radius 3 is 2.71 bits per heavy atom. The van der Waals surface area contributed by atoms with Gasteiger partial charge in [0.25, 0.3) is 0 Å². The maximum atomic E-state index is 11.9. The van der Waals surface area contributed by atoms with Gasteiger partial charge in [0.15, 0.2) is 0 Å². The van der Waals surface area contributed by atoms with E-state index in [0.717, 1.165) is 45.3 Å². The van der Waals surface area contributed by atoms with Gasteiger partial charge in [-0.15, -0.1) is 0 Å². The molecule has 1 heterocycles. The van der Waals surface area contributed by atoms with Gasteiger partial charge < -0.3 is 20.3 Å². The van der Waals surface area contributed by atoms with E-state index in [4.69, 9.17) is 10.5 Å². The van der Waals surface area contributed by atoms with Crippen molar-refractivity contribution < 1.29 is 9.53 Å². The molecule has 5 nitrogen and oxygen atoms in total. The second kappa shape index (κ2) is 7.56. The highest BCUT2D eigenvalue weighted by atomic mass is 16.5. The number of nitrogens with two attached hydrogens (primary N) is 1. The van der Waals surface area contributed by atoms with E-state index in [1.165, 1.54) is 33.0 Å². The molecular weight excluding hydrogens is 266 g/mol. The van der Waals surface area contributed by atoms with E-state index >= 15 is 0 Å². The summed E-state index contributed by atoms with van der Waals surface area (Å²) in [5.41, 5.74) is 5.57. The summed E-state index contributed by atoms with van der Waals surface area (Å²) < 4.78 is 4.90. The van der Waals surface area contributed by atoms with Gasteiger partial charge in [-0.3, -0.25) is 4.79 Å². The molecule has 2 rings (SSSR count). The molecule has 2 unspecified atom stereocenters. The third-order valence-corrected chi connectivity index (χ3v) is 5.29. The first-order chi connectivity index (χ1) is 10.1. The highest BCUT2D eigenvalue weighted by Crippen LogP contribution is 2.36. The maximum Gasteiger partial charge on any atom is 0.326 e. The first-order valence-corrected chi connectivity index (χ1v) is 8.34. The van der Waals surface area contributed by atoms with Crippen LogP contribution in [-0.2, 0) is 9.53 Å². The van der Waals surface area contributed by atoms with Crippen molar-refractivity contribution in [2.75, 3.05) is 46.9 Å². The Morgan fingerprint density at radius 1 is 1.33 bits per heavy atom. The van der Waals surface area contributed by atoms with Crippen LogP contribution in [0.15, 0.2) is 0 Å². The Bertz CT molecular complexity index is 344. The number of methoxy groups -OCH3 is 1. The van der Waals surface area contributed by atoms with E-state index in [-0.39, 0.29) is 11.9 Å². The van der Waals surface area contributed by atoms with Crippen molar-refractivity contribution in [3.63, 3.8) is 0 Å². The number of hydrogen-bond donors (Lipinski definition) is 1. The van der Waals surface area contributed by atoms with Gasteiger partial charge in [-0.05, 0) is 64.7 Å². The fourth-order valence-electron chi connectivity index (χ4n) is 3.77. The zero-order valence-electron chi connectivity index (χ0n) is 13.6. The Kier molecular flexibility index (Phi) is 6.02. The first-order valence-electron chi connectivity index (χ1n) is 8.34. The van der Waals surface area contributed by atoms with Gasteiger partial charge in [-0.1, -0.05) is 6.42 Å². The number of hydrogen-bond acceptors (Lipinski definition) is 5. The van der Waals surface area contributed by atoms with Crippen LogP contribution in [0.5, 0.6) is 0 Å². The number of carbonyl (C=O) groups excluding carboxylic acids is 1. The van der Waals surface area contributed by atoms with Crippen LogP contribution in [0.3, 0.4) is 0 Å². The number of esters is 1. The molecule has 1 saturated heterocycles. The number of likely N-dealkylation sites (N-methyl/N-ethyl adjacent to an activating group) is 1. The van der Waals surface area contributed by atoms with Gasteiger partial charge in [0.05, 0.1) is 7.11 Å². The zero-order chi connectivity index (χ0) is 15.3. The van der Waals surface area contributed by atoms with Gasteiger partial charge in [0.1, 0.15) is 5.54 Å². The van der Waals surface area contributed by atoms with Crippen molar-refractivity contribution in [2.45, 2.75) is 44.1 Å². The van der Waals surface area contributed by atoms with Crippen LogP contribution in [0.2, 0.25) is 0 Å². The lowest BCUT2D eigenvalue weighted by Crippen LogP contribution is -2.52. The highest BCUT2D eigenvalue weighted by molar-refractivity contribution is 5.81. The molecule has 5 heteroatoms. The van der Waals surface area contributed by atoms with Gasteiger partial charge in [0.2, 0.25) is 0 Å². The Morgan fingerprint density at radius 2 is 2.05 bits per heavy atom. The van der Waals surface area contributed by atoms with Crippen molar-refractivity contribution in [2.24, 2.45) is 11.7 Å². The highest BCUT2D eigenvalue weighted by Gasteiger charge is 2.46. The van der Waals surface area contributed by atoms with Crippen molar-refractivity contribution in [1.82, 2.24) is 9.80 Å².